The molecule has 1 N–H and O–H groups in total. The Hall–Kier alpha value is -2.86. The van der Waals surface area contributed by atoms with Crippen molar-refractivity contribution in [3.8, 4) is 0 Å². The summed E-state index contributed by atoms with van der Waals surface area (Å²) in [5.41, 5.74) is 1.44. The van der Waals surface area contributed by atoms with Gasteiger partial charge < -0.3 is 14.8 Å². The van der Waals surface area contributed by atoms with E-state index in [1.807, 2.05) is 18.2 Å². The molecule has 0 heterocycles. The van der Waals surface area contributed by atoms with Crippen LogP contribution in [0.15, 0.2) is 42.5 Å². The molecule has 2 aromatic rings. The normalized spacial score (nSPS) is 10.1. The number of rotatable bonds is 6. The quantitative estimate of drug-likeness (QED) is 0.781. The second kappa shape index (κ2) is 9.01. The van der Waals surface area contributed by atoms with E-state index in [1.54, 1.807) is 6.07 Å². The van der Waals surface area contributed by atoms with Gasteiger partial charge in [-0.05, 0) is 36.2 Å². The maximum absolute atomic E-state index is 12.2. The van der Waals surface area contributed by atoms with E-state index in [9.17, 15) is 14.4 Å². The Morgan fingerprint density at radius 3 is 2.08 bits per heavy atom. The molecule has 0 unspecified atom stereocenters. The number of amides is 1. The highest BCUT2D eigenvalue weighted by Crippen LogP contribution is 2.19. The molecule has 0 radical (unpaired) electrons. The summed E-state index contributed by atoms with van der Waals surface area (Å²) in [5, 5.41) is 3.27. The van der Waals surface area contributed by atoms with Gasteiger partial charge in [0.2, 0.25) is 5.91 Å². The van der Waals surface area contributed by atoms with Crippen LogP contribution in [0.4, 0.5) is 5.69 Å². The van der Waals surface area contributed by atoms with Crippen LogP contribution in [0.5, 0.6) is 0 Å². The fourth-order valence-electron chi connectivity index (χ4n) is 2.34. The molecule has 0 atom stereocenters. The van der Waals surface area contributed by atoms with Crippen molar-refractivity contribution in [1.82, 2.24) is 0 Å². The van der Waals surface area contributed by atoms with Crippen molar-refractivity contribution >= 4 is 35.1 Å². The van der Waals surface area contributed by atoms with Crippen LogP contribution in [0.25, 0.3) is 0 Å². The Kier molecular flexibility index (Phi) is 6.74. The van der Waals surface area contributed by atoms with Crippen molar-refractivity contribution < 1.29 is 23.9 Å². The molecular weight excluding hydrogens is 358 g/mol. The average Bonchev–Trinajstić information content (AvgIpc) is 2.65. The first kappa shape index (κ1) is 19.5. The van der Waals surface area contributed by atoms with Gasteiger partial charge in [0, 0.05) is 17.1 Å². The first-order chi connectivity index (χ1) is 12.4. The van der Waals surface area contributed by atoms with Crippen molar-refractivity contribution in [2.24, 2.45) is 0 Å². The van der Waals surface area contributed by atoms with Crippen LogP contribution in [0.1, 0.15) is 32.7 Å². The minimum Gasteiger partial charge on any atom is -0.465 e. The van der Waals surface area contributed by atoms with Crippen LogP contribution in [0.3, 0.4) is 0 Å². The maximum atomic E-state index is 12.2. The van der Waals surface area contributed by atoms with Crippen LogP contribution < -0.4 is 5.32 Å². The summed E-state index contributed by atoms with van der Waals surface area (Å²) in [6, 6.07) is 11.5. The zero-order chi connectivity index (χ0) is 19.1. The number of nitrogens with one attached hydrogen (secondary N) is 1. The Morgan fingerprint density at radius 2 is 1.54 bits per heavy atom. The second-order valence-corrected chi connectivity index (χ2v) is 5.83. The molecular formula is C19H18ClNO5. The van der Waals surface area contributed by atoms with Gasteiger partial charge in [-0.3, -0.25) is 4.79 Å². The highest BCUT2D eigenvalue weighted by atomic mass is 35.5. The third kappa shape index (κ3) is 5.07. The first-order valence-electron chi connectivity index (χ1n) is 7.79. The summed E-state index contributed by atoms with van der Waals surface area (Å²) >= 11 is 6.08. The Labute approximate surface area is 156 Å². The van der Waals surface area contributed by atoms with Crippen LogP contribution in [-0.2, 0) is 20.7 Å². The van der Waals surface area contributed by atoms with E-state index in [2.05, 4.69) is 14.8 Å². The van der Waals surface area contributed by atoms with Gasteiger partial charge in [-0.2, -0.15) is 0 Å². The molecule has 0 bridgehead atoms. The SMILES string of the molecule is COC(=O)c1cc(NC(=O)CCc2ccccc2Cl)cc(C(=O)OC)c1. The average molecular weight is 376 g/mol. The Balaban J connectivity index is 2.14. The summed E-state index contributed by atoms with van der Waals surface area (Å²) in [5.74, 6) is -1.52. The maximum Gasteiger partial charge on any atom is 0.337 e. The molecule has 0 aliphatic carbocycles. The van der Waals surface area contributed by atoms with E-state index in [0.29, 0.717) is 17.1 Å². The van der Waals surface area contributed by atoms with Crippen molar-refractivity contribution in [2.45, 2.75) is 12.8 Å². The first-order valence-corrected chi connectivity index (χ1v) is 8.17. The Bertz CT molecular complexity index is 800. The zero-order valence-corrected chi connectivity index (χ0v) is 15.1. The lowest BCUT2D eigenvalue weighted by Gasteiger charge is -2.10. The molecule has 0 saturated heterocycles. The van der Waals surface area contributed by atoms with Crippen LogP contribution in [0.2, 0.25) is 5.02 Å². The van der Waals surface area contributed by atoms with Crippen molar-refractivity contribution in [3.05, 3.63) is 64.2 Å². The van der Waals surface area contributed by atoms with Crippen molar-refractivity contribution in [1.29, 1.82) is 0 Å². The van der Waals surface area contributed by atoms with Crippen molar-refractivity contribution in [2.75, 3.05) is 19.5 Å². The number of carbonyl (C=O) groups is 3. The summed E-state index contributed by atoms with van der Waals surface area (Å²) in [6.07, 6.45) is 0.659. The van der Waals surface area contributed by atoms with E-state index in [1.165, 1.54) is 32.4 Å². The number of carbonyl (C=O) groups excluding carboxylic acids is 3. The number of esters is 2. The number of ether oxygens (including phenoxy) is 2. The molecule has 2 aromatic carbocycles. The number of halogens is 1. The van der Waals surface area contributed by atoms with E-state index in [0.717, 1.165) is 5.56 Å². The molecule has 0 fully saturated rings. The molecule has 1 amide bonds. The highest BCUT2D eigenvalue weighted by Gasteiger charge is 2.15. The molecule has 2 rings (SSSR count). The topological polar surface area (TPSA) is 81.7 Å². The van der Waals surface area contributed by atoms with E-state index >= 15 is 0 Å². The second-order valence-electron chi connectivity index (χ2n) is 5.42. The van der Waals surface area contributed by atoms with E-state index < -0.39 is 11.9 Å². The third-order valence-corrected chi connectivity index (χ3v) is 4.01. The molecule has 0 aliphatic rings. The minimum atomic E-state index is -0.623. The summed E-state index contributed by atoms with van der Waals surface area (Å²) in [6.45, 7) is 0. The fourth-order valence-corrected chi connectivity index (χ4v) is 2.57. The number of aryl methyl sites for hydroxylation is 1. The molecule has 0 aliphatic heterocycles. The molecule has 6 nitrogen and oxygen atoms in total. The predicted octanol–water partition coefficient (Wildman–Crippen LogP) is 3.48. The number of methoxy groups -OCH3 is 2. The van der Waals surface area contributed by atoms with Gasteiger partial charge in [-0.1, -0.05) is 29.8 Å². The van der Waals surface area contributed by atoms with E-state index in [4.69, 9.17) is 11.6 Å². The van der Waals surface area contributed by atoms with Crippen LogP contribution in [0, 0.1) is 0 Å². The third-order valence-electron chi connectivity index (χ3n) is 3.64. The fraction of sp³-hybridized carbons (Fsp3) is 0.211. The number of hydrogen-bond donors (Lipinski definition) is 1. The van der Waals surface area contributed by atoms with Gasteiger partial charge >= 0.3 is 11.9 Å². The van der Waals surface area contributed by atoms with E-state index in [-0.39, 0.29) is 23.5 Å². The molecule has 0 saturated carbocycles. The summed E-state index contributed by atoms with van der Waals surface area (Å²) in [7, 11) is 2.46. The molecule has 0 aromatic heterocycles. The number of benzene rings is 2. The van der Waals surface area contributed by atoms with Crippen LogP contribution >= 0.6 is 11.6 Å². The molecule has 7 heteroatoms. The lowest BCUT2D eigenvalue weighted by atomic mass is 10.1. The monoisotopic (exact) mass is 375 g/mol. The van der Waals surface area contributed by atoms with Gasteiger partial charge in [0.05, 0.1) is 25.3 Å². The van der Waals surface area contributed by atoms with Gasteiger partial charge in [0.1, 0.15) is 0 Å². The van der Waals surface area contributed by atoms with Gasteiger partial charge in [-0.25, -0.2) is 9.59 Å². The summed E-state index contributed by atoms with van der Waals surface area (Å²) in [4.78, 5) is 35.7. The summed E-state index contributed by atoms with van der Waals surface area (Å²) < 4.78 is 9.33. The van der Waals surface area contributed by atoms with Gasteiger partial charge in [-0.15, -0.1) is 0 Å². The molecule has 0 spiro atoms. The highest BCUT2D eigenvalue weighted by molar-refractivity contribution is 6.31. The van der Waals surface area contributed by atoms with Gasteiger partial charge in [0.25, 0.3) is 0 Å². The number of hydrogen-bond acceptors (Lipinski definition) is 5. The largest absolute Gasteiger partial charge is 0.465 e. The van der Waals surface area contributed by atoms with Crippen LogP contribution in [-0.4, -0.2) is 32.1 Å². The number of anilines is 1. The minimum absolute atomic E-state index is 0.136. The zero-order valence-electron chi connectivity index (χ0n) is 14.4. The molecule has 26 heavy (non-hydrogen) atoms. The van der Waals surface area contributed by atoms with Gasteiger partial charge in [0.15, 0.2) is 0 Å². The standard InChI is InChI=1S/C19H18ClNO5/c1-25-18(23)13-9-14(19(24)26-2)11-15(10-13)21-17(22)8-7-12-5-3-4-6-16(12)20/h3-6,9-11H,7-8H2,1-2H3,(H,21,22). The molecule has 136 valence electrons. The smallest absolute Gasteiger partial charge is 0.337 e. The lowest BCUT2D eigenvalue weighted by molar-refractivity contribution is -0.116. The lowest BCUT2D eigenvalue weighted by Crippen LogP contribution is -2.14. The predicted molar refractivity (Wildman–Crippen MR) is 97.5 cm³/mol. The van der Waals surface area contributed by atoms with Crippen molar-refractivity contribution in [3.63, 3.8) is 0 Å². The Morgan fingerprint density at radius 1 is 0.962 bits per heavy atom.